The fourth-order valence-electron chi connectivity index (χ4n) is 4.90. The number of sulfonamides is 1. The van der Waals surface area contributed by atoms with Crippen LogP contribution in [0.5, 0.6) is 0 Å². The molecule has 2 aliphatic carbocycles. The third-order valence-corrected chi connectivity index (χ3v) is 7.37. The molecule has 1 heterocycles. The summed E-state index contributed by atoms with van der Waals surface area (Å²) >= 11 is 0. The summed E-state index contributed by atoms with van der Waals surface area (Å²) in [6.45, 7) is 4.34. The lowest BCUT2D eigenvalue weighted by Gasteiger charge is -2.54. The summed E-state index contributed by atoms with van der Waals surface area (Å²) < 4.78 is 31.3. The molecule has 3 rings (SSSR count). The predicted molar refractivity (Wildman–Crippen MR) is 87.3 cm³/mol. The molecule has 3 atom stereocenters. The molecule has 3 fully saturated rings. The van der Waals surface area contributed by atoms with Gasteiger partial charge in [-0.25, -0.2) is 8.42 Å². The summed E-state index contributed by atoms with van der Waals surface area (Å²) in [5.74, 6) is 0. The summed E-state index contributed by atoms with van der Waals surface area (Å²) in [5.41, 5.74) is 0.324. The third kappa shape index (κ3) is 2.95. The maximum Gasteiger partial charge on any atom is 0.211 e. The zero-order valence-corrected chi connectivity index (χ0v) is 14.7. The molecule has 5 nitrogen and oxygen atoms in total. The van der Waals surface area contributed by atoms with Crippen LogP contribution in [0.4, 0.5) is 0 Å². The minimum absolute atomic E-state index is 0.139. The first kappa shape index (κ1) is 16.7. The van der Waals surface area contributed by atoms with E-state index in [-0.39, 0.29) is 6.04 Å². The van der Waals surface area contributed by atoms with Gasteiger partial charge in [-0.3, -0.25) is 0 Å². The van der Waals surface area contributed by atoms with Gasteiger partial charge in [0.25, 0.3) is 0 Å². The molecule has 1 aliphatic heterocycles. The van der Waals surface area contributed by atoms with Crippen LogP contribution in [0, 0.1) is 5.41 Å². The van der Waals surface area contributed by atoms with Crippen molar-refractivity contribution in [2.24, 2.45) is 5.41 Å². The highest BCUT2D eigenvalue weighted by atomic mass is 32.2. The first-order valence-electron chi connectivity index (χ1n) is 8.79. The van der Waals surface area contributed by atoms with Crippen molar-refractivity contribution in [1.82, 2.24) is 9.62 Å². The third-order valence-electron chi connectivity index (χ3n) is 6.04. The second-order valence-electron chi connectivity index (χ2n) is 7.25. The van der Waals surface area contributed by atoms with E-state index in [1.165, 1.54) is 31.9 Å². The second-order valence-corrected chi connectivity index (χ2v) is 9.19. The van der Waals surface area contributed by atoms with Crippen LogP contribution in [-0.4, -0.2) is 56.9 Å². The SMILES string of the molecule is CCO[C@H]1C[C@@H](NC[C@H]2CCCN2S(C)(=O)=O)C12CCCC2. The molecule has 0 aromatic rings. The largest absolute Gasteiger partial charge is 0.378 e. The predicted octanol–water partition coefficient (Wildman–Crippen LogP) is 1.74. The molecule has 3 aliphatic rings. The maximum atomic E-state index is 11.8. The Labute approximate surface area is 134 Å². The molecule has 0 amide bonds. The van der Waals surface area contributed by atoms with Gasteiger partial charge in [0, 0.05) is 37.2 Å². The smallest absolute Gasteiger partial charge is 0.211 e. The summed E-state index contributed by atoms with van der Waals surface area (Å²) in [6, 6.07) is 0.646. The van der Waals surface area contributed by atoms with Crippen molar-refractivity contribution in [2.75, 3.05) is 26.0 Å². The van der Waals surface area contributed by atoms with Crippen LogP contribution in [-0.2, 0) is 14.8 Å². The maximum absolute atomic E-state index is 11.8. The van der Waals surface area contributed by atoms with Crippen LogP contribution >= 0.6 is 0 Å². The van der Waals surface area contributed by atoms with Crippen molar-refractivity contribution >= 4 is 10.0 Å². The van der Waals surface area contributed by atoms with Gasteiger partial charge in [-0.1, -0.05) is 12.8 Å². The lowest BCUT2D eigenvalue weighted by atomic mass is 9.60. The first-order valence-corrected chi connectivity index (χ1v) is 10.6. The van der Waals surface area contributed by atoms with Crippen molar-refractivity contribution < 1.29 is 13.2 Å². The van der Waals surface area contributed by atoms with Gasteiger partial charge >= 0.3 is 0 Å². The summed E-state index contributed by atoms with van der Waals surface area (Å²) in [5, 5.41) is 3.70. The van der Waals surface area contributed by atoms with Crippen LogP contribution in [0.3, 0.4) is 0 Å². The molecule has 0 unspecified atom stereocenters. The lowest BCUT2D eigenvalue weighted by Crippen LogP contribution is -2.63. The van der Waals surface area contributed by atoms with Gasteiger partial charge in [-0.05, 0) is 39.0 Å². The zero-order chi connectivity index (χ0) is 15.8. The molecule has 0 radical (unpaired) electrons. The number of hydrogen-bond donors (Lipinski definition) is 1. The highest BCUT2D eigenvalue weighted by Gasteiger charge is 2.56. The number of nitrogens with one attached hydrogen (secondary N) is 1. The molecular weight excluding hydrogens is 300 g/mol. The Morgan fingerprint density at radius 2 is 2.00 bits per heavy atom. The van der Waals surface area contributed by atoms with Crippen molar-refractivity contribution in [1.29, 1.82) is 0 Å². The van der Waals surface area contributed by atoms with E-state index in [0.717, 1.165) is 32.4 Å². The molecule has 128 valence electrons. The molecule has 1 spiro atoms. The monoisotopic (exact) mass is 330 g/mol. The van der Waals surface area contributed by atoms with Crippen LogP contribution in [0.1, 0.15) is 51.9 Å². The summed E-state index contributed by atoms with van der Waals surface area (Å²) in [7, 11) is -3.07. The van der Waals surface area contributed by atoms with Gasteiger partial charge in [0.05, 0.1) is 12.4 Å². The molecule has 0 aromatic carbocycles. The van der Waals surface area contributed by atoms with Gasteiger partial charge in [0.1, 0.15) is 0 Å². The quantitative estimate of drug-likeness (QED) is 0.806. The van der Waals surface area contributed by atoms with E-state index in [1.54, 1.807) is 4.31 Å². The average Bonchev–Trinajstić information content (AvgIpc) is 3.10. The summed E-state index contributed by atoms with van der Waals surface area (Å²) in [6.07, 6.45) is 9.92. The first-order chi connectivity index (χ1) is 10.5. The van der Waals surface area contributed by atoms with Gasteiger partial charge in [0.2, 0.25) is 10.0 Å². The van der Waals surface area contributed by atoms with E-state index in [0.29, 0.717) is 24.1 Å². The molecule has 22 heavy (non-hydrogen) atoms. The van der Waals surface area contributed by atoms with E-state index in [4.69, 9.17) is 4.74 Å². The number of ether oxygens (including phenoxy) is 1. The topological polar surface area (TPSA) is 58.6 Å². The normalized spacial score (nSPS) is 35.1. The second kappa shape index (κ2) is 6.38. The van der Waals surface area contributed by atoms with Crippen molar-refractivity contribution in [3.05, 3.63) is 0 Å². The number of rotatable bonds is 6. The van der Waals surface area contributed by atoms with Gasteiger partial charge in [0.15, 0.2) is 0 Å². The summed E-state index contributed by atoms with van der Waals surface area (Å²) in [4.78, 5) is 0. The zero-order valence-electron chi connectivity index (χ0n) is 13.9. The number of nitrogens with zero attached hydrogens (tertiary/aromatic N) is 1. The fraction of sp³-hybridized carbons (Fsp3) is 1.00. The van der Waals surface area contributed by atoms with E-state index < -0.39 is 10.0 Å². The number of hydrogen-bond acceptors (Lipinski definition) is 4. The van der Waals surface area contributed by atoms with Crippen molar-refractivity contribution in [2.45, 2.75) is 70.1 Å². The molecule has 6 heteroatoms. The van der Waals surface area contributed by atoms with Crippen LogP contribution in [0.2, 0.25) is 0 Å². The van der Waals surface area contributed by atoms with E-state index in [9.17, 15) is 8.42 Å². The highest BCUT2D eigenvalue weighted by Crippen LogP contribution is 2.54. The lowest BCUT2D eigenvalue weighted by molar-refractivity contribution is -0.130. The van der Waals surface area contributed by atoms with Crippen molar-refractivity contribution in [3.63, 3.8) is 0 Å². The minimum Gasteiger partial charge on any atom is -0.378 e. The van der Waals surface area contributed by atoms with Crippen LogP contribution < -0.4 is 5.32 Å². The molecule has 0 bridgehead atoms. The molecule has 0 aromatic heterocycles. The van der Waals surface area contributed by atoms with Gasteiger partial charge < -0.3 is 10.1 Å². The Kier molecular flexibility index (Phi) is 4.84. The van der Waals surface area contributed by atoms with Gasteiger partial charge in [-0.2, -0.15) is 4.31 Å². The Balaban J connectivity index is 1.58. The molecular formula is C16H30N2O3S. The molecule has 2 saturated carbocycles. The van der Waals surface area contributed by atoms with Crippen LogP contribution in [0.15, 0.2) is 0 Å². The van der Waals surface area contributed by atoms with E-state index >= 15 is 0 Å². The molecule has 1 saturated heterocycles. The van der Waals surface area contributed by atoms with Crippen molar-refractivity contribution in [3.8, 4) is 0 Å². The van der Waals surface area contributed by atoms with E-state index in [2.05, 4.69) is 12.2 Å². The average molecular weight is 330 g/mol. The van der Waals surface area contributed by atoms with Crippen LogP contribution in [0.25, 0.3) is 0 Å². The van der Waals surface area contributed by atoms with E-state index in [1.807, 2.05) is 0 Å². The molecule has 1 N–H and O–H groups in total. The Hall–Kier alpha value is -0.170. The highest BCUT2D eigenvalue weighted by molar-refractivity contribution is 7.88. The van der Waals surface area contributed by atoms with Gasteiger partial charge in [-0.15, -0.1) is 0 Å². The Morgan fingerprint density at radius 3 is 2.64 bits per heavy atom. The Bertz CT molecular complexity index is 488. The fourth-order valence-corrected chi connectivity index (χ4v) is 6.08. The minimum atomic E-state index is -3.07. The standard InChI is InChI=1S/C16H30N2O3S/c1-3-21-15-11-14(16(15)8-4-5-9-16)17-12-13-7-6-10-18(13)22(2,19)20/h13-15,17H,3-12H2,1-2H3/t13-,14-,15+/m1/s1. The Morgan fingerprint density at radius 1 is 1.27 bits per heavy atom.